The fraction of sp³-hybridized carbons (Fsp3) is 0.733. The van der Waals surface area contributed by atoms with Gasteiger partial charge in [-0.2, -0.15) is 13.2 Å². The Morgan fingerprint density at radius 3 is 2.29 bits per heavy atom. The van der Waals surface area contributed by atoms with Crippen LogP contribution in [-0.4, -0.2) is 30.2 Å². The lowest BCUT2D eigenvalue weighted by atomic mass is 10.2. The number of nitrogens with zero attached hydrogens (tertiary/aromatic N) is 1. The fourth-order valence-corrected chi connectivity index (χ4v) is 2.95. The predicted octanol–water partition coefficient (Wildman–Crippen LogP) is 4.27. The Labute approximate surface area is 129 Å². The summed E-state index contributed by atoms with van der Waals surface area (Å²) in [5.41, 5.74) is 0. The van der Waals surface area contributed by atoms with Crippen molar-refractivity contribution in [2.45, 2.75) is 53.0 Å². The zero-order valence-electron chi connectivity index (χ0n) is 13.1. The third kappa shape index (κ3) is 7.83. The van der Waals surface area contributed by atoms with Gasteiger partial charge in [-0.1, -0.05) is 13.8 Å². The fourth-order valence-electron chi connectivity index (χ4n) is 1.94. The summed E-state index contributed by atoms with van der Waals surface area (Å²) < 4.78 is 37.7. The van der Waals surface area contributed by atoms with Gasteiger partial charge >= 0.3 is 6.18 Å². The normalized spacial score (nSPS) is 12.9. The van der Waals surface area contributed by atoms with Crippen LogP contribution in [0.2, 0.25) is 0 Å². The van der Waals surface area contributed by atoms with Gasteiger partial charge in [-0.3, -0.25) is 4.90 Å². The number of halogens is 3. The average Bonchev–Trinajstić information content (AvgIpc) is 2.73. The second-order valence-corrected chi connectivity index (χ2v) is 7.26. The molecular formula is C15H25F3N2S. The molecule has 0 aromatic carbocycles. The second-order valence-electron chi connectivity index (χ2n) is 6.01. The first-order chi connectivity index (χ1) is 9.67. The molecule has 0 bridgehead atoms. The van der Waals surface area contributed by atoms with Gasteiger partial charge in [0.05, 0.1) is 6.54 Å². The minimum atomic E-state index is -4.15. The van der Waals surface area contributed by atoms with Crippen LogP contribution in [0.4, 0.5) is 13.2 Å². The molecular weight excluding hydrogens is 297 g/mol. The summed E-state index contributed by atoms with van der Waals surface area (Å²) in [4.78, 5) is 3.60. The molecule has 1 rings (SSSR count). The summed E-state index contributed by atoms with van der Waals surface area (Å²) in [6.45, 7) is 9.10. The lowest BCUT2D eigenvalue weighted by Crippen LogP contribution is -2.38. The Balaban J connectivity index is 2.54. The first-order valence-electron chi connectivity index (χ1n) is 7.26. The molecule has 1 aromatic rings. The minimum absolute atomic E-state index is 0.128. The van der Waals surface area contributed by atoms with E-state index in [9.17, 15) is 13.2 Å². The lowest BCUT2D eigenvalue weighted by Gasteiger charge is -2.26. The van der Waals surface area contributed by atoms with Gasteiger partial charge in [0.1, 0.15) is 0 Å². The third-order valence-corrected chi connectivity index (χ3v) is 4.11. The van der Waals surface area contributed by atoms with E-state index in [0.29, 0.717) is 12.5 Å². The second kappa shape index (κ2) is 8.15. The summed E-state index contributed by atoms with van der Waals surface area (Å²) in [6.07, 6.45) is -4.15. The van der Waals surface area contributed by atoms with Crippen molar-refractivity contribution in [1.29, 1.82) is 0 Å². The number of alkyl halides is 3. The van der Waals surface area contributed by atoms with Gasteiger partial charge in [0.2, 0.25) is 0 Å². The highest BCUT2D eigenvalue weighted by atomic mass is 32.1. The number of hydrogen-bond acceptors (Lipinski definition) is 3. The summed E-state index contributed by atoms with van der Waals surface area (Å²) in [5, 5.41) is 3.35. The van der Waals surface area contributed by atoms with Crippen molar-refractivity contribution >= 4 is 11.3 Å². The molecule has 0 unspecified atom stereocenters. The van der Waals surface area contributed by atoms with Crippen molar-refractivity contribution in [2.24, 2.45) is 5.92 Å². The standard InChI is InChI=1S/C15H25F3N2S/c1-11(2)7-19-8-13-5-6-14(21-13)9-20(12(3)4)10-15(16,17)18/h5-6,11-12,19H,7-10H2,1-4H3. The monoisotopic (exact) mass is 322 g/mol. The maximum absolute atomic E-state index is 12.6. The molecule has 1 N–H and O–H groups in total. The third-order valence-electron chi connectivity index (χ3n) is 3.04. The Kier molecular flexibility index (Phi) is 7.16. The molecule has 1 aromatic heterocycles. The van der Waals surface area contributed by atoms with Crippen LogP contribution < -0.4 is 5.32 Å². The van der Waals surface area contributed by atoms with E-state index >= 15 is 0 Å². The highest BCUT2D eigenvalue weighted by Crippen LogP contribution is 2.23. The maximum Gasteiger partial charge on any atom is 0.401 e. The van der Waals surface area contributed by atoms with Crippen molar-refractivity contribution in [3.05, 3.63) is 21.9 Å². The molecule has 122 valence electrons. The van der Waals surface area contributed by atoms with E-state index in [1.807, 2.05) is 12.1 Å². The van der Waals surface area contributed by atoms with Crippen molar-refractivity contribution in [2.75, 3.05) is 13.1 Å². The van der Waals surface area contributed by atoms with Crippen LogP contribution in [-0.2, 0) is 13.1 Å². The smallest absolute Gasteiger partial charge is 0.312 e. The van der Waals surface area contributed by atoms with Crippen molar-refractivity contribution < 1.29 is 13.2 Å². The highest BCUT2D eigenvalue weighted by molar-refractivity contribution is 7.11. The van der Waals surface area contributed by atoms with Gasteiger partial charge in [0.25, 0.3) is 0 Å². The Hall–Kier alpha value is -0.590. The SMILES string of the molecule is CC(C)CNCc1ccc(CN(CC(F)(F)F)C(C)C)s1. The quantitative estimate of drug-likeness (QED) is 0.769. The largest absolute Gasteiger partial charge is 0.401 e. The topological polar surface area (TPSA) is 15.3 Å². The van der Waals surface area contributed by atoms with Crippen molar-refractivity contribution in [1.82, 2.24) is 10.2 Å². The van der Waals surface area contributed by atoms with E-state index in [0.717, 1.165) is 18.0 Å². The molecule has 1 heterocycles. The van der Waals surface area contributed by atoms with Gasteiger partial charge < -0.3 is 5.32 Å². The molecule has 0 saturated carbocycles. The van der Waals surface area contributed by atoms with E-state index in [4.69, 9.17) is 0 Å². The van der Waals surface area contributed by atoms with E-state index in [1.54, 1.807) is 25.2 Å². The Bertz CT molecular complexity index is 413. The molecule has 0 aliphatic heterocycles. The Morgan fingerprint density at radius 2 is 1.76 bits per heavy atom. The number of rotatable bonds is 8. The summed E-state index contributed by atoms with van der Waals surface area (Å²) in [6, 6.07) is 3.80. The molecule has 21 heavy (non-hydrogen) atoms. The zero-order valence-corrected chi connectivity index (χ0v) is 13.9. The summed E-state index contributed by atoms with van der Waals surface area (Å²) in [5.74, 6) is 0.590. The van der Waals surface area contributed by atoms with Gasteiger partial charge in [-0.15, -0.1) is 11.3 Å². The summed E-state index contributed by atoms with van der Waals surface area (Å²) >= 11 is 1.58. The molecule has 0 saturated heterocycles. The van der Waals surface area contributed by atoms with Gasteiger partial charge in [-0.05, 0) is 38.4 Å². The van der Waals surface area contributed by atoms with Crippen LogP contribution in [0.5, 0.6) is 0 Å². The van der Waals surface area contributed by atoms with Crippen LogP contribution in [0, 0.1) is 5.92 Å². The van der Waals surface area contributed by atoms with Crippen LogP contribution in [0.15, 0.2) is 12.1 Å². The molecule has 0 spiro atoms. The van der Waals surface area contributed by atoms with Crippen molar-refractivity contribution in [3.8, 4) is 0 Å². The lowest BCUT2D eigenvalue weighted by molar-refractivity contribution is -0.150. The number of hydrogen-bond donors (Lipinski definition) is 1. The average molecular weight is 322 g/mol. The zero-order chi connectivity index (χ0) is 16.0. The van der Waals surface area contributed by atoms with E-state index < -0.39 is 12.7 Å². The van der Waals surface area contributed by atoms with Gasteiger partial charge in [0.15, 0.2) is 0 Å². The molecule has 6 heteroatoms. The number of thiophene rings is 1. The molecule has 2 nitrogen and oxygen atoms in total. The molecule has 0 amide bonds. The Morgan fingerprint density at radius 1 is 1.14 bits per heavy atom. The molecule has 0 radical (unpaired) electrons. The summed E-state index contributed by atoms with van der Waals surface area (Å²) in [7, 11) is 0. The molecule has 0 aliphatic rings. The first kappa shape index (κ1) is 18.5. The predicted molar refractivity (Wildman–Crippen MR) is 82.5 cm³/mol. The van der Waals surface area contributed by atoms with Crippen LogP contribution in [0.3, 0.4) is 0 Å². The van der Waals surface area contributed by atoms with Crippen LogP contribution in [0.1, 0.15) is 37.4 Å². The van der Waals surface area contributed by atoms with E-state index in [-0.39, 0.29) is 6.04 Å². The molecule has 0 fully saturated rings. The van der Waals surface area contributed by atoms with Gasteiger partial charge in [0, 0.05) is 28.9 Å². The minimum Gasteiger partial charge on any atom is -0.312 e. The first-order valence-corrected chi connectivity index (χ1v) is 8.08. The van der Waals surface area contributed by atoms with Crippen molar-refractivity contribution in [3.63, 3.8) is 0 Å². The highest BCUT2D eigenvalue weighted by Gasteiger charge is 2.31. The maximum atomic E-state index is 12.6. The van der Waals surface area contributed by atoms with Crippen LogP contribution in [0.25, 0.3) is 0 Å². The molecule has 0 aliphatic carbocycles. The van der Waals surface area contributed by atoms with E-state index in [2.05, 4.69) is 19.2 Å². The number of nitrogens with one attached hydrogen (secondary N) is 1. The molecule has 0 atom stereocenters. The van der Waals surface area contributed by atoms with Crippen LogP contribution >= 0.6 is 11.3 Å². The van der Waals surface area contributed by atoms with Gasteiger partial charge in [-0.25, -0.2) is 0 Å². The van der Waals surface area contributed by atoms with E-state index in [1.165, 1.54) is 9.78 Å².